The van der Waals surface area contributed by atoms with Crippen molar-refractivity contribution in [3.05, 3.63) is 53.2 Å². The van der Waals surface area contributed by atoms with Crippen molar-refractivity contribution in [3.8, 4) is 0 Å². The number of anilines is 2. The van der Waals surface area contributed by atoms with Crippen molar-refractivity contribution in [2.24, 2.45) is 0 Å². The molecule has 0 spiro atoms. The zero-order valence-corrected chi connectivity index (χ0v) is 18.1. The molecule has 0 bridgehead atoms. The standard InChI is InChI=1S/C22H27ClN4OS/c23-18-5-3-4-17(14-18)22(8-1-2-9-22)16-25-21(29)26-19-6-7-20(24-15-19)27-10-12-28-13-11-27/h3-7,14-15H,1-2,8-13,16H2,(H2,25,26,29). The molecule has 2 fully saturated rings. The molecule has 0 radical (unpaired) electrons. The first-order valence-corrected chi connectivity index (χ1v) is 11.0. The Morgan fingerprint density at radius 1 is 1.17 bits per heavy atom. The van der Waals surface area contributed by atoms with Gasteiger partial charge in [0, 0.05) is 30.1 Å². The topological polar surface area (TPSA) is 49.4 Å². The number of rotatable bonds is 5. The predicted octanol–water partition coefficient (Wildman–Crippen LogP) is 4.37. The van der Waals surface area contributed by atoms with E-state index in [1.807, 2.05) is 30.5 Å². The van der Waals surface area contributed by atoms with Crippen molar-refractivity contribution >= 4 is 40.4 Å². The van der Waals surface area contributed by atoms with Crippen LogP contribution in [0.25, 0.3) is 0 Å². The minimum absolute atomic E-state index is 0.0923. The van der Waals surface area contributed by atoms with Gasteiger partial charge in [0.2, 0.25) is 0 Å². The Morgan fingerprint density at radius 2 is 1.97 bits per heavy atom. The molecule has 1 saturated heterocycles. The maximum absolute atomic E-state index is 6.25. The maximum Gasteiger partial charge on any atom is 0.170 e. The van der Waals surface area contributed by atoms with Crippen LogP contribution in [0.4, 0.5) is 11.5 Å². The smallest absolute Gasteiger partial charge is 0.170 e. The van der Waals surface area contributed by atoms with Crippen LogP contribution in [0.15, 0.2) is 42.6 Å². The summed E-state index contributed by atoms with van der Waals surface area (Å²) < 4.78 is 5.40. The summed E-state index contributed by atoms with van der Waals surface area (Å²) in [6, 6.07) is 12.3. The van der Waals surface area contributed by atoms with Crippen molar-refractivity contribution in [1.82, 2.24) is 10.3 Å². The second-order valence-corrected chi connectivity index (χ2v) is 8.65. The van der Waals surface area contributed by atoms with E-state index in [-0.39, 0.29) is 5.41 Å². The molecule has 1 aliphatic carbocycles. The molecule has 1 aromatic heterocycles. The van der Waals surface area contributed by atoms with Gasteiger partial charge in [-0.2, -0.15) is 0 Å². The summed E-state index contributed by atoms with van der Waals surface area (Å²) >= 11 is 11.8. The highest BCUT2D eigenvalue weighted by molar-refractivity contribution is 7.80. The van der Waals surface area contributed by atoms with E-state index in [9.17, 15) is 0 Å². The molecule has 4 rings (SSSR count). The fraction of sp³-hybridized carbons (Fsp3) is 0.455. The molecule has 1 aromatic carbocycles. The number of nitrogens with one attached hydrogen (secondary N) is 2. The van der Waals surface area contributed by atoms with Gasteiger partial charge in [0.15, 0.2) is 5.11 Å². The molecular weight excluding hydrogens is 404 g/mol. The monoisotopic (exact) mass is 430 g/mol. The fourth-order valence-electron chi connectivity index (χ4n) is 4.30. The lowest BCUT2D eigenvalue weighted by Gasteiger charge is -2.31. The molecule has 1 aliphatic heterocycles. The fourth-order valence-corrected chi connectivity index (χ4v) is 4.68. The van der Waals surface area contributed by atoms with Crippen molar-refractivity contribution in [3.63, 3.8) is 0 Å². The highest BCUT2D eigenvalue weighted by Crippen LogP contribution is 2.41. The number of pyridine rings is 1. The van der Waals surface area contributed by atoms with E-state index in [1.54, 1.807) is 0 Å². The van der Waals surface area contributed by atoms with Gasteiger partial charge >= 0.3 is 0 Å². The molecule has 0 unspecified atom stereocenters. The maximum atomic E-state index is 6.25. The Balaban J connectivity index is 1.35. The molecule has 2 heterocycles. The first-order chi connectivity index (χ1) is 14.1. The lowest BCUT2D eigenvalue weighted by molar-refractivity contribution is 0.122. The summed E-state index contributed by atoms with van der Waals surface area (Å²) in [7, 11) is 0. The molecule has 29 heavy (non-hydrogen) atoms. The summed E-state index contributed by atoms with van der Waals surface area (Å²) in [5.41, 5.74) is 2.28. The van der Waals surface area contributed by atoms with Gasteiger partial charge in [-0.15, -0.1) is 0 Å². The highest BCUT2D eigenvalue weighted by atomic mass is 35.5. The molecular formula is C22H27ClN4OS. The third kappa shape index (κ3) is 5.00. The molecule has 2 aromatic rings. The zero-order chi connectivity index (χ0) is 20.1. The average Bonchev–Trinajstić information content (AvgIpc) is 3.24. The number of benzene rings is 1. The van der Waals surface area contributed by atoms with Crippen LogP contribution in [0.5, 0.6) is 0 Å². The van der Waals surface area contributed by atoms with Gasteiger partial charge in [0.25, 0.3) is 0 Å². The van der Waals surface area contributed by atoms with Crippen molar-refractivity contribution in [1.29, 1.82) is 0 Å². The number of morpholine rings is 1. The molecule has 2 N–H and O–H groups in total. The van der Waals surface area contributed by atoms with E-state index >= 15 is 0 Å². The molecule has 1 saturated carbocycles. The lowest BCUT2D eigenvalue weighted by Crippen LogP contribution is -2.40. The SMILES string of the molecule is S=C(NCC1(c2cccc(Cl)c2)CCCC1)Nc1ccc(N2CCOCC2)nc1. The van der Waals surface area contributed by atoms with E-state index in [2.05, 4.69) is 32.7 Å². The molecule has 7 heteroatoms. The van der Waals surface area contributed by atoms with Gasteiger partial charge in [-0.3, -0.25) is 0 Å². The van der Waals surface area contributed by atoms with E-state index in [4.69, 9.17) is 28.6 Å². The van der Waals surface area contributed by atoms with Crippen LogP contribution in [0.1, 0.15) is 31.2 Å². The summed E-state index contributed by atoms with van der Waals surface area (Å²) in [5.74, 6) is 0.976. The Morgan fingerprint density at radius 3 is 2.66 bits per heavy atom. The first kappa shape index (κ1) is 20.4. The van der Waals surface area contributed by atoms with Crippen molar-refractivity contribution in [2.45, 2.75) is 31.1 Å². The van der Waals surface area contributed by atoms with Crippen LogP contribution in [0.2, 0.25) is 5.02 Å². The Kier molecular flexibility index (Phi) is 6.53. The molecule has 5 nitrogen and oxygen atoms in total. The lowest BCUT2D eigenvalue weighted by atomic mass is 9.79. The third-order valence-electron chi connectivity index (χ3n) is 5.93. The predicted molar refractivity (Wildman–Crippen MR) is 123 cm³/mol. The van der Waals surface area contributed by atoms with Crippen LogP contribution in [-0.2, 0) is 10.2 Å². The second-order valence-electron chi connectivity index (χ2n) is 7.81. The van der Waals surface area contributed by atoms with Gasteiger partial charge < -0.3 is 20.3 Å². The number of hydrogen-bond donors (Lipinski definition) is 2. The summed E-state index contributed by atoms with van der Waals surface area (Å²) in [5, 5.41) is 8.11. The largest absolute Gasteiger partial charge is 0.378 e. The van der Waals surface area contributed by atoms with E-state index in [1.165, 1.54) is 18.4 Å². The minimum atomic E-state index is 0.0923. The summed E-state index contributed by atoms with van der Waals surface area (Å²) in [4.78, 5) is 6.80. The number of hydrogen-bond acceptors (Lipinski definition) is 4. The second kappa shape index (κ2) is 9.28. The molecule has 154 valence electrons. The number of aromatic nitrogens is 1. The first-order valence-electron chi connectivity index (χ1n) is 10.2. The van der Waals surface area contributed by atoms with Crippen LogP contribution < -0.4 is 15.5 Å². The van der Waals surface area contributed by atoms with Gasteiger partial charge in [-0.05, 0) is 54.9 Å². The van der Waals surface area contributed by atoms with Gasteiger partial charge in [0.1, 0.15) is 5.82 Å². The van der Waals surface area contributed by atoms with E-state index in [0.29, 0.717) is 5.11 Å². The molecule has 0 atom stereocenters. The van der Waals surface area contributed by atoms with Gasteiger partial charge in [0.05, 0.1) is 25.1 Å². The van der Waals surface area contributed by atoms with Crippen LogP contribution in [-0.4, -0.2) is 42.9 Å². The molecule has 2 aliphatic rings. The Bertz CT molecular complexity index is 833. The van der Waals surface area contributed by atoms with Crippen LogP contribution >= 0.6 is 23.8 Å². The average molecular weight is 431 g/mol. The van der Waals surface area contributed by atoms with Gasteiger partial charge in [-0.25, -0.2) is 4.98 Å². The number of ether oxygens (including phenoxy) is 1. The highest BCUT2D eigenvalue weighted by Gasteiger charge is 2.35. The van der Waals surface area contributed by atoms with Crippen molar-refractivity contribution in [2.75, 3.05) is 43.1 Å². The Labute approximate surface area is 182 Å². The number of halogens is 1. The van der Waals surface area contributed by atoms with Crippen molar-refractivity contribution < 1.29 is 4.74 Å². The quantitative estimate of drug-likeness (QED) is 0.687. The number of thiocarbonyl (C=S) groups is 1. The number of nitrogens with zero attached hydrogens (tertiary/aromatic N) is 2. The van der Waals surface area contributed by atoms with Gasteiger partial charge in [-0.1, -0.05) is 36.6 Å². The normalized spacial score (nSPS) is 18.4. The van der Waals surface area contributed by atoms with Crippen LogP contribution in [0, 0.1) is 0 Å². The minimum Gasteiger partial charge on any atom is -0.378 e. The van der Waals surface area contributed by atoms with E-state index < -0.39 is 0 Å². The summed E-state index contributed by atoms with van der Waals surface area (Å²) in [6.45, 7) is 4.07. The van der Waals surface area contributed by atoms with Crippen LogP contribution in [0.3, 0.4) is 0 Å². The van der Waals surface area contributed by atoms with E-state index in [0.717, 1.165) is 62.2 Å². The Hall–Kier alpha value is -1.89. The zero-order valence-electron chi connectivity index (χ0n) is 16.5. The molecule has 0 amide bonds. The third-order valence-corrected chi connectivity index (χ3v) is 6.41. The summed E-state index contributed by atoms with van der Waals surface area (Å²) in [6.07, 6.45) is 6.61.